The van der Waals surface area contributed by atoms with Gasteiger partial charge in [-0.1, -0.05) is 258 Å². The minimum absolute atomic E-state index is 0.143. The molecule has 2 unspecified atom stereocenters. The van der Waals surface area contributed by atoms with Crippen LogP contribution in [0.25, 0.3) is 0 Å². The van der Waals surface area contributed by atoms with Crippen molar-refractivity contribution in [3.05, 3.63) is 109 Å². The topological polar surface area (TPSA) is 111 Å². The number of carbonyl (C=O) groups excluding carboxylic acids is 3. The van der Waals surface area contributed by atoms with Crippen molar-refractivity contribution >= 4 is 17.9 Å². The van der Waals surface area contributed by atoms with Crippen LogP contribution in [0.1, 0.15) is 245 Å². The van der Waals surface area contributed by atoms with Crippen molar-refractivity contribution in [1.29, 1.82) is 0 Å². The first-order chi connectivity index (χ1) is 37.6. The molecule has 0 aliphatic rings. The van der Waals surface area contributed by atoms with Gasteiger partial charge in [-0.15, -0.1) is 0 Å². The average molecular weight is 1070 g/mol. The first kappa shape index (κ1) is 73.0. The Kier molecular flexibility index (Phi) is 55.1. The van der Waals surface area contributed by atoms with Gasteiger partial charge < -0.3 is 33.3 Å². The van der Waals surface area contributed by atoms with E-state index in [1.54, 1.807) is 0 Å². The van der Waals surface area contributed by atoms with Gasteiger partial charge in [0, 0.05) is 12.8 Å². The number of esters is 2. The van der Waals surface area contributed by atoms with Crippen LogP contribution in [0.2, 0.25) is 0 Å². The molecule has 0 N–H and O–H groups in total. The zero-order valence-electron chi connectivity index (χ0n) is 50.0. The third-order valence-electron chi connectivity index (χ3n) is 13.0. The molecule has 0 aromatic carbocycles. The van der Waals surface area contributed by atoms with E-state index < -0.39 is 24.3 Å². The number of unbranched alkanes of at least 4 members (excludes halogenated alkanes) is 23. The summed E-state index contributed by atoms with van der Waals surface area (Å²) in [6, 6.07) is 0. The highest BCUT2D eigenvalue weighted by atomic mass is 16.7. The molecule has 0 bridgehead atoms. The van der Waals surface area contributed by atoms with Crippen molar-refractivity contribution in [1.82, 2.24) is 0 Å². The van der Waals surface area contributed by atoms with Gasteiger partial charge in [-0.3, -0.25) is 9.59 Å². The second-order valence-electron chi connectivity index (χ2n) is 21.6. The van der Waals surface area contributed by atoms with E-state index in [1.165, 1.54) is 109 Å². The zero-order chi connectivity index (χ0) is 56.2. The highest BCUT2D eigenvalue weighted by Gasteiger charge is 2.22. The maximum absolute atomic E-state index is 12.9. The lowest BCUT2D eigenvalue weighted by atomic mass is 10.0. The molecule has 0 aliphatic heterocycles. The Morgan fingerprint density at radius 1 is 0.403 bits per heavy atom. The number of hydrogen-bond acceptors (Lipinski definition) is 8. The van der Waals surface area contributed by atoms with E-state index >= 15 is 0 Å². The number of rotatable bonds is 56. The molecule has 0 saturated carbocycles. The van der Waals surface area contributed by atoms with E-state index in [0.717, 1.165) is 103 Å². The third-order valence-corrected chi connectivity index (χ3v) is 13.0. The predicted molar refractivity (Wildman–Crippen MR) is 324 cm³/mol. The van der Waals surface area contributed by atoms with Gasteiger partial charge in [-0.25, -0.2) is 0 Å². The lowest BCUT2D eigenvalue weighted by Gasteiger charge is -2.26. The van der Waals surface area contributed by atoms with E-state index in [4.69, 9.17) is 18.9 Å². The number of carboxylic acids is 1. The number of ether oxygens (including phenoxy) is 4. The minimum atomic E-state index is -1.63. The molecule has 0 saturated heterocycles. The summed E-state index contributed by atoms with van der Waals surface area (Å²) in [6.45, 7) is 4.63. The Morgan fingerprint density at radius 2 is 0.740 bits per heavy atom. The molecular weight excluding hydrogens is 959 g/mol. The number of carboxylic acid groups (broad SMARTS) is 1. The Hall–Kier alpha value is -4.05. The molecule has 9 heteroatoms. The second kappa shape index (κ2) is 58.1. The molecule has 77 heavy (non-hydrogen) atoms. The molecule has 2 atom stereocenters. The van der Waals surface area contributed by atoms with Crippen LogP contribution in [-0.2, 0) is 33.3 Å². The Labute approximate surface area is 473 Å². The summed E-state index contributed by atoms with van der Waals surface area (Å²) in [4.78, 5) is 37.3. The van der Waals surface area contributed by atoms with Crippen molar-refractivity contribution < 1.29 is 42.9 Å². The molecule has 0 rings (SSSR count). The van der Waals surface area contributed by atoms with E-state index in [1.807, 2.05) is 21.1 Å². The van der Waals surface area contributed by atoms with Crippen LogP contribution < -0.4 is 5.11 Å². The number of nitrogens with zero attached hydrogens (tertiary/aromatic N) is 1. The van der Waals surface area contributed by atoms with E-state index in [2.05, 4.69) is 123 Å². The fraction of sp³-hybridized carbons (Fsp3) is 0.691. The van der Waals surface area contributed by atoms with Crippen LogP contribution in [0.3, 0.4) is 0 Å². The molecule has 440 valence electrons. The predicted octanol–water partition coefficient (Wildman–Crippen LogP) is 17.3. The fourth-order valence-corrected chi connectivity index (χ4v) is 8.29. The number of aliphatic carboxylic acids is 1. The number of carbonyl (C=O) groups is 3. The van der Waals surface area contributed by atoms with E-state index in [0.29, 0.717) is 17.4 Å². The fourth-order valence-electron chi connectivity index (χ4n) is 8.29. The maximum atomic E-state index is 12.9. The molecule has 0 heterocycles. The lowest BCUT2D eigenvalue weighted by Crippen LogP contribution is -2.44. The van der Waals surface area contributed by atoms with Crippen LogP contribution in [0, 0.1) is 0 Å². The molecule has 0 fully saturated rings. The van der Waals surface area contributed by atoms with Crippen molar-refractivity contribution in [2.45, 2.75) is 257 Å². The van der Waals surface area contributed by atoms with E-state index in [9.17, 15) is 19.5 Å². The van der Waals surface area contributed by atoms with Gasteiger partial charge in [0.2, 0.25) is 0 Å². The number of quaternary nitrogens is 1. The second-order valence-corrected chi connectivity index (χ2v) is 21.6. The molecule has 0 aromatic heterocycles. The summed E-state index contributed by atoms with van der Waals surface area (Å²) >= 11 is 0. The first-order valence-electron chi connectivity index (χ1n) is 31.0. The standard InChI is InChI=1S/C68H115NO8/c1-6-8-10-12-14-16-18-20-22-23-24-25-26-27-28-29-30-31-32-33-34-35-36-37-38-39-40-41-42-43-45-47-49-51-53-55-57-59-66(71)77-64(63-76-68(67(72)73)74-61-60-69(3,4)5)62-75-65(70)58-56-54-52-50-48-46-44-21-19-17-15-13-11-9-7-2/h8,10,14,16,20,22,24-25,27-28,30-31,33-34,36-37,39-40,64,68H,6-7,9,11-13,15,17-19,21,23,26,29,32,35,38,41-63H2,1-5H3/b10-8-,16-14-,22-20-,25-24-,28-27-,31-30-,34-33-,37-36-,40-39-. The normalized spacial score (nSPS) is 13.5. The molecule has 9 nitrogen and oxygen atoms in total. The van der Waals surface area contributed by atoms with Crippen LogP contribution in [0.4, 0.5) is 0 Å². The number of likely N-dealkylation sites (N-methyl/N-ethyl adjacent to an activating group) is 1. The average Bonchev–Trinajstić information content (AvgIpc) is 3.40. The lowest BCUT2D eigenvalue weighted by molar-refractivity contribution is -0.870. The summed E-state index contributed by atoms with van der Waals surface area (Å²) in [5.41, 5.74) is 0. The van der Waals surface area contributed by atoms with Gasteiger partial charge in [0.05, 0.1) is 40.3 Å². The van der Waals surface area contributed by atoms with Gasteiger partial charge in [0.1, 0.15) is 13.2 Å². The van der Waals surface area contributed by atoms with Gasteiger partial charge >= 0.3 is 11.9 Å². The van der Waals surface area contributed by atoms with Crippen LogP contribution in [-0.4, -0.2) is 82.3 Å². The SMILES string of the molecule is CC/C=C\C/C=C\C/C=C\C/C=C\C/C=C\C/C=C\C/C=C\C/C=C\C/C=C\CCCCCCCCCCCC(=O)OC(COC(=O)CCCCCCCCCCCCCCCCC)COC(OCC[N+](C)(C)C)C(=O)[O-]. The first-order valence-corrected chi connectivity index (χ1v) is 31.0. The summed E-state index contributed by atoms with van der Waals surface area (Å²) in [7, 11) is 5.92. The van der Waals surface area contributed by atoms with Crippen LogP contribution in [0.15, 0.2) is 109 Å². The smallest absolute Gasteiger partial charge is 0.306 e. The molecule has 0 aliphatic carbocycles. The number of hydrogen-bond donors (Lipinski definition) is 0. The Bertz CT molecular complexity index is 1630. The van der Waals surface area contributed by atoms with Crippen LogP contribution in [0.5, 0.6) is 0 Å². The molecule has 0 amide bonds. The zero-order valence-corrected chi connectivity index (χ0v) is 50.0. The largest absolute Gasteiger partial charge is 0.545 e. The van der Waals surface area contributed by atoms with Crippen molar-refractivity contribution in [2.75, 3.05) is 47.5 Å². The van der Waals surface area contributed by atoms with Crippen molar-refractivity contribution in [3.63, 3.8) is 0 Å². The molecule has 0 spiro atoms. The minimum Gasteiger partial charge on any atom is -0.545 e. The van der Waals surface area contributed by atoms with Crippen molar-refractivity contribution in [3.8, 4) is 0 Å². The molecular formula is C68H115NO8. The maximum Gasteiger partial charge on any atom is 0.306 e. The van der Waals surface area contributed by atoms with Gasteiger partial charge in [-0.05, 0) is 83.5 Å². The summed E-state index contributed by atoms with van der Waals surface area (Å²) < 4.78 is 22.7. The van der Waals surface area contributed by atoms with E-state index in [-0.39, 0.29) is 38.6 Å². The van der Waals surface area contributed by atoms with Gasteiger partial charge in [-0.2, -0.15) is 0 Å². The highest BCUT2D eigenvalue weighted by molar-refractivity contribution is 5.70. The third kappa shape index (κ3) is 59.5. The molecule has 0 radical (unpaired) electrons. The number of allylic oxidation sites excluding steroid dienone is 18. The van der Waals surface area contributed by atoms with Gasteiger partial charge in [0.25, 0.3) is 0 Å². The van der Waals surface area contributed by atoms with Crippen LogP contribution >= 0.6 is 0 Å². The quantitative estimate of drug-likeness (QED) is 0.0195. The summed E-state index contributed by atoms with van der Waals surface area (Å²) in [5.74, 6) is -2.29. The Morgan fingerprint density at radius 3 is 1.10 bits per heavy atom. The summed E-state index contributed by atoms with van der Waals surface area (Å²) in [6.07, 6.45) is 77.2. The highest BCUT2D eigenvalue weighted by Crippen LogP contribution is 2.16. The van der Waals surface area contributed by atoms with Crippen molar-refractivity contribution in [2.24, 2.45) is 0 Å². The summed E-state index contributed by atoms with van der Waals surface area (Å²) in [5, 5.41) is 11.8. The Balaban J connectivity index is 4.17. The van der Waals surface area contributed by atoms with Gasteiger partial charge in [0.15, 0.2) is 12.4 Å². The monoisotopic (exact) mass is 1070 g/mol. The molecule has 0 aromatic rings.